The van der Waals surface area contributed by atoms with Crippen molar-refractivity contribution in [3.63, 3.8) is 0 Å². The van der Waals surface area contributed by atoms with E-state index in [9.17, 15) is 18.0 Å². The van der Waals surface area contributed by atoms with Crippen LogP contribution >= 0.6 is 11.6 Å². The molecule has 0 amide bonds. The molecule has 2 aromatic carbocycles. The number of piperidine rings is 1. The van der Waals surface area contributed by atoms with E-state index in [4.69, 9.17) is 21.1 Å². The maximum atomic E-state index is 12.9. The summed E-state index contributed by atoms with van der Waals surface area (Å²) >= 11 is 5.83. The lowest BCUT2D eigenvalue weighted by Crippen LogP contribution is -2.43. The van der Waals surface area contributed by atoms with Gasteiger partial charge in [-0.15, -0.1) is 0 Å². The highest BCUT2D eigenvalue weighted by atomic mass is 35.5. The first-order valence-electron chi connectivity index (χ1n) is 9.41. The van der Waals surface area contributed by atoms with Crippen molar-refractivity contribution < 1.29 is 27.5 Å². The zero-order valence-corrected chi connectivity index (χ0v) is 18.0. The predicted molar refractivity (Wildman–Crippen MR) is 111 cm³/mol. The van der Waals surface area contributed by atoms with Gasteiger partial charge < -0.3 is 9.47 Å². The number of ketones is 1. The molecule has 1 aliphatic rings. The number of para-hydroxylation sites is 1. The average Bonchev–Trinajstić information content (AvgIpc) is 2.77. The van der Waals surface area contributed by atoms with Crippen molar-refractivity contribution >= 4 is 33.4 Å². The van der Waals surface area contributed by atoms with Crippen molar-refractivity contribution in [3.8, 4) is 5.75 Å². The number of ether oxygens (including phenoxy) is 2. The molecule has 2 aromatic rings. The van der Waals surface area contributed by atoms with Crippen molar-refractivity contribution in [3.05, 3.63) is 59.1 Å². The van der Waals surface area contributed by atoms with Gasteiger partial charge in [-0.3, -0.25) is 9.59 Å². The summed E-state index contributed by atoms with van der Waals surface area (Å²) in [6, 6.07) is 12.6. The molecular formula is C21H22ClNO6S. The van der Waals surface area contributed by atoms with Crippen LogP contribution in [0, 0.1) is 5.92 Å². The molecule has 30 heavy (non-hydrogen) atoms. The molecule has 160 valence electrons. The fourth-order valence-electron chi connectivity index (χ4n) is 3.32. The molecule has 1 saturated heterocycles. The van der Waals surface area contributed by atoms with E-state index >= 15 is 0 Å². The molecule has 0 saturated carbocycles. The second kappa shape index (κ2) is 9.59. The smallest absolute Gasteiger partial charge is 0.310 e. The Morgan fingerprint density at radius 2 is 1.83 bits per heavy atom. The van der Waals surface area contributed by atoms with Gasteiger partial charge in [0.2, 0.25) is 15.8 Å². The Morgan fingerprint density at radius 3 is 2.53 bits per heavy atom. The number of halogens is 1. The monoisotopic (exact) mass is 451 g/mol. The SMILES string of the molecule is COc1ccccc1C(=O)COC(=O)C1CCCN(S(=O)(=O)c2ccc(Cl)cc2)C1. The van der Waals surface area contributed by atoms with E-state index in [2.05, 4.69) is 0 Å². The molecule has 1 fully saturated rings. The molecular weight excluding hydrogens is 430 g/mol. The Bertz CT molecular complexity index is 1020. The van der Waals surface area contributed by atoms with E-state index in [1.54, 1.807) is 24.3 Å². The van der Waals surface area contributed by atoms with Crippen LogP contribution in [0.15, 0.2) is 53.4 Å². The molecule has 7 nitrogen and oxygen atoms in total. The number of Topliss-reactive ketones (excluding diaryl/α,β-unsaturated/α-hetero) is 1. The van der Waals surface area contributed by atoms with Gasteiger partial charge >= 0.3 is 5.97 Å². The van der Waals surface area contributed by atoms with Crippen LogP contribution in [0.2, 0.25) is 5.02 Å². The summed E-state index contributed by atoms with van der Waals surface area (Å²) in [6.07, 6.45) is 1.02. The third kappa shape index (κ3) is 5.00. The maximum absolute atomic E-state index is 12.9. The van der Waals surface area contributed by atoms with Crippen LogP contribution in [0.25, 0.3) is 0 Å². The molecule has 0 spiro atoms. The summed E-state index contributed by atoms with van der Waals surface area (Å²) in [7, 11) is -2.29. The van der Waals surface area contributed by atoms with Crippen molar-refractivity contribution in [2.45, 2.75) is 17.7 Å². The lowest BCUT2D eigenvalue weighted by atomic mass is 10.00. The molecule has 1 heterocycles. The lowest BCUT2D eigenvalue weighted by molar-refractivity contribution is -0.148. The highest BCUT2D eigenvalue weighted by molar-refractivity contribution is 7.89. The number of esters is 1. The summed E-state index contributed by atoms with van der Waals surface area (Å²) in [5, 5.41) is 0.439. The average molecular weight is 452 g/mol. The minimum Gasteiger partial charge on any atom is -0.496 e. The fraction of sp³-hybridized carbons (Fsp3) is 0.333. The second-order valence-corrected chi connectivity index (χ2v) is 9.26. The number of sulfonamides is 1. The van der Waals surface area contributed by atoms with Crippen LogP contribution < -0.4 is 4.74 Å². The fourth-order valence-corrected chi connectivity index (χ4v) is 4.97. The van der Waals surface area contributed by atoms with Crippen molar-refractivity contribution in [1.82, 2.24) is 4.31 Å². The third-order valence-electron chi connectivity index (χ3n) is 4.92. The largest absolute Gasteiger partial charge is 0.496 e. The van der Waals surface area contributed by atoms with Gasteiger partial charge in [-0.05, 0) is 49.2 Å². The molecule has 0 bridgehead atoms. The summed E-state index contributed by atoms with van der Waals surface area (Å²) in [4.78, 5) is 25.0. The van der Waals surface area contributed by atoms with Gasteiger partial charge in [-0.1, -0.05) is 23.7 Å². The summed E-state index contributed by atoms with van der Waals surface area (Å²) < 4.78 is 37.3. The summed E-state index contributed by atoms with van der Waals surface area (Å²) in [6.45, 7) is -0.110. The van der Waals surface area contributed by atoms with Gasteiger partial charge in [-0.2, -0.15) is 4.31 Å². The normalized spacial score (nSPS) is 17.3. The van der Waals surface area contributed by atoms with E-state index < -0.39 is 28.5 Å². The molecule has 9 heteroatoms. The number of carbonyl (C=O) groups excluding carboxylic acids is 2. The van der Waals surface area contributed by atoms with Crippen LogP contribution in [0.4, 0.5) is 0 Å². The standard InChI is InChI=1S/C21H22ClNO6S/c1-28-20-7-3-2-6-18(20)19(24)14-29-21(25)15-5-4-12-23(13-15)30(26,27)17-10-8-16(22)9-11-17/h2-3,6-11,15H,4-5,12-14H2,1H3. The number of hydrogen-bond acceptors (Lipinski definition) is 6. The van der Waals surface area contributed by atoms with E-state index in [-0.39, 0.29) is 17.2 Å². The Kier molecular flexibility index (Phi) is 7.12. The first-order chi connectivity index (χ1) is 14.3. The van der Waals surface area contributed by atoms with Crippen LogP contribution in [0.5, 0.6) is 5.75 Å². The van der Waals surface area contributed by atoms with Gasteiger partial charge in [0.1, 0.15) is 5.75 Å². The minimum absolute atomic E-state index is 0.00659. The molecule has 0 aromatic heterocycles. The number of nitrogens with zero attached hydrogens (tertiary/aromatic N) is 1. The zero-order valence-electron chi connectivity index (χ0n) is 16.4. The van der Waals surface area contributed by atoms with E-state index in [0.29, 0.717) is 35.7 Å². The molecule has 3 rings (SSSR count). The van der Waals surface area contributed by atoms with Gasteiger partial charge in [-0.25, -0.2) is 8.42 Å². The van der Waals surface area contributed by atoms with Crippen molar-refractivity contribution in [2.24, 2.45) is 5.92 Å². The Morgan fingerprint density at radius 1 is 1.13 bits per heavy atom. The highest BCUT2D eigenvalue weighted by Gasteiger charge is 2.34. The molecule has 1 aliphatic heterocycles. The quantitative estimate of drug-likeness (QED) is 0.474. The maximum Gasteiger partial charge on any atom is 0.310 e. The van der Waals surface area contributed by atoms with Crippen LogP contribution in [0.1, 0.15) is 23.2 Å². The first kappa shape index (κ1) is 22.3. The van der Waals surface area contributed by atoms with Crippen LogP contribution in [-0.4, -0.2) is 51.3 Å². The highest BCUT2D eigenvalue weighted by Crippen LogP contribution is 2.25. The number of benzene rings is 2. The first-order valence-corrected chi connectivity index (χ1v) is 11.2. The Hall–Kier alpha value is -2.42. The third-order valence-corrected chi connectivity index (χ3v) is 7.05. The Balaban J connectivity index is 1.63. The predicted octanol–water partition coefficient (Wildman–Crippen LogP) is 3.18. The van der Waals surface area contributed by atoms with Crippen LogP contribution in [-0.2, 0) is 19.6 Å². The molecule has 1 atom stereocenters. The van der Waals surface area contributed by atoms with Crippen molar-refractivity contribution in [2.75, 3.05) is 26.8 Å². The summed E-state index contributed by atoms with van der Waals surface area (Å²) in [5.74, 6) is -1.21. The van der Waals surface area contributed by atoms with Crippen molar-refractivity contribution in [1.29, 1.82) is 0 Å². The minimum atomic E-state index is -3.75. The van der Waals surface area contributed by atoms with Gasteiger partial charge in [0.15, 0.2) is 6.61 Å². The number of carbonyl (C=O) groups is 2. The molecule has 0 aliphatic carbocycles. The Labute approximate surface area is 180 Å². The van der Waals surface area contributed by atoms with Gasteiger partial charge in [0, 0.05) is 18.1 Å². The molecule has 1 unspecified atom stereocenters. The number of rotatable bonds is 7. The van der Waals surface area contributed by atoms with Crippen LogP contribution in [0.3, 0.4) is 0 Å². The van der Waals surface area contributed by atoms with Gasteiger partial charge in [0.25, 0.3) is 0 Å². The number of hydrogen-bond donors (Lipinski definition) is 0. The molecule has 0 radical (unpaired) electrons. The topological polar surface area (TPSA) is 90.0 Å². The van der Waals surface area contributed by atoms with E-state index in [1.165, 1.54) is 35.7 Å². The van der Waals surface area contributed by atoms with Gasteiger partial charge in [0.05, 0.1) is 23.5 Å². The number of methoxy groups -OCH3 is 1. The second-order valence-electron chi connectivity index (χ2n) is 6.89. The summed E-state index contributed by atoms with van der Waals surface area (Å²) in [5.41, 5.74) is 0.323. The van der Waals surface area contributed by atoms with E-state index in [0.717, 1.165) is 0 Å². The molecule has 0 N–H and O–H groups in total. The van der Waals surface area contributed by atoms with E-state index in [1.807, 2.05) is 0 Å². The zero-order chi connectivity index (χ0) is 21.7. The lowest BCUT2D eigenvalue weighted by Gasteiger charge is -2.30.